The van der Waals surface area contributed by atoms with Crippen LogP contribution in [0.15, 0.2) is 71.4 Å². The van der Waals surface area contributed by atoms with Crippen LogP contribution in [-0.4, -0.2) is 20.3 Å². The van der Waals surface area contributed by atoms with Gasteiger partial charge < -0.3 is 10.4 Å². The number of hydrogen-bond donors (Lipinski definition) is 2. The molecule has 1 heterocycles. The summed E-state index contributed by atoms with van der Waals surface area (Å²) in [5, 5.41) is 13.5. The van der Waals surface area contributed by atoms with Crippen molar-refractivity contribution in [3.8, 4) is 11.4 Å². The fourth-order valence-electron chi connectivity index (χ4n) is 3.05. The Morgan fingerprint density at radius 1 is 1.07 bits per heavy atom. The summed E-state index contributed by atoms with van der Waals surface area (Å²) in [6.07, 6.45) is 1.54. The molecule has 0 atom stereocenters. The first-order valence-corrected chi connectivity index (χ1v) is 9.01. The van der Waals surface area contributed by atoms with E-state index in [4.69, 9.17) is 4.99 Å². The van der Waals surface area contributed by atoms with Crippen LogP contribution in [0.4, 0.5) is 11.4 Å². The van der Waals surface area contributed by atoms with E-state index in [0.29, 0.717) is 11.2 Å². The number of nitrogens with one attached hydrogen (secondary N) is 1. The van der Waals surface area contributed by atoms with Crippen molar-refractivity contribution >= 4 is 17.2 Å². The maximum Gasteiger partial charge on any atom is 0.178 e. The second-order valence-corrected chi connectivity index (χ2v) is 6.62. The van der Waals surface area contributed by atoms with Crippen molar-refractivity contribution in [1.29, 1.82) is 0 Å². The number of allylic oxidation sites excluding steroid dienone is 2. The first-order valence-electron chi connectivity index (χ1n) is 9.01. The van der Waals surface area contributed by atoms with Crippen LogP contribution in [0.3, 0.4) is 0 Å². The van der Waals surface area contributed by atoms with Crippen molar-refractivity contribution in [3.63, 3.8) is 0 Å². The average Bonchev–Trinajstić information content (AvgIpc) is 2.88. The number of para-hydroxylation sites is 3. The van der Waals surface area contributed by atoms with Crippen LogP contribution in [0.2, 0.25) is 0 Å². The normalized spacial score (nSPS) is 11.9. The van der Waals surface area contributed by atoms with Crippen molar-refractivity contribution < 1.29 is 26.4 Å². The number of hydrogen-bond acceptors (Lipinski definition) is 4. The van der Waals surface area contributed by atoms with E-state index >= 15 is 0 Å². The molecule has 3 aromatic rings. The van der Waals surface area contributed by atoms with Crippen molar-refractivity contribution in [2.24, 2.45) is 12.0 Å². The summed E-state index contributed by atoms with van der Waals surface area (Å²) in [5.41, 5.74) is 4.45. The number of nitrogens with zero attached hydrogens (tertiary/aromatic N) is 3. The maximum atomic E-state index is 11.5. The molecular weight excluding hydrogens is 411 g/mol. The summed E-state index contributed by atoms with van der Waals surface area (Å²) >= 11 is 0. The van der Waals surface area contributed by atoms with E-state index in [-0.39, 0.29) is 28.0 Å². The number of aromatic hydroxyl groups is 1. The zero-order chi connectivity index (χ0) is 20.3. The predicted molar refractivity (Wildman–Crippen MR) is 111 cm³/mol. The van der Waals surface area contributed by atoms with Crippen molar-refractivity contribution in [2.75, 3.05) is 5.32 Å². The van der Waals surface area contributed by atoms with Crippen LogP contribution in [0, 0.1) is 6.92 Å². The van der Waals surface area contributed by atoms with E-state index < -0.39 is 0 Å². The zero-order valence-corrected chi connectivity index (χ0v) is 17.8. The van der Waals surface area contributed by atoms with Gasteiger partial charge in [0, 0.05) is 29.2 Å². The molecule has 0 fully saturated rings. The van der Waals surface area contributed by atoms with Crippen LogP contribution in [0.25, 0.3) is 5.69 Å². The molecule has 154 valence electrons. The number of phenolic OH excluding ortho intramolecular Hbond substituents is 1. The average molecular weight is 435 g/mol. The number of anilines is 1. The summed E-state index contributed by atoms with van der Waals surface area (Å²) in [4.78, 5) is 16.2. The van der Waals surface area contributed by atoms with Gasteiger partial charge >= 0.3 is 0 Å². The summed E-state index contributed by atoms with van der Waals surface area (Å²) in [6.45, 7) is 5.33. The monoisotopic (exact) mass is 434 g/mol. The first kappa shape index (κ1) is 22.2. The SMILES string of the molecule is CC(=O)/C=C(/C)Nc1c(C)n(C)n(-c2ccccc2)c1=Nc1ccccc1O.[Ni]. The standard InChI is InChI=1S/C22H24N4O2.Ni/c1-15(14-16(2)27)23-21-17(3)25(4)26(18-10-6-5-7-11-18)22(21)24-19-12-8-9-13-20(19)28;/h5-14,23,28H,1-4H3;/b15-14-,24-22?;. The zero-order valence-electron chi connectivity index (χ0n) is 16.8. The third-order valence-corrected chi connectivity index (χ3v) is 4.42. The Balaban J connectivity index is 0.00000300. The van der Waals surface area contributed by atoms with Gasteiger partial charge in [0.1, 0.15) is 17.1 Å². The van der Waals surface area contributed by atoms with Gasteiger partial charge in [0.25, 0.3) is 0 Å². The molecule has 1 aromatic heterocycles. The second kappa shape index (κ2) is 9.44. The minimum atomic E-state index is -0.0336. The van der Waals surface area contributed by atoms with E-state index in [1.165, 1.54) is 6.92 Å². The number of phenols is 1. The number of carbonyl (C=O) groups excluding carboxylic acids is 1. The van der Waals surface area contributed by atoms with Gasteiger partial charge in [-0.25, -0.2) is 9.67 Å². The molecule has 0 saturated heterocycles. The van der Waals surface area contributed by atoms with Gasteiger partial charge in [-0.05, 0) is 51.1 Å². The van der Waals surface area contributed by atoms with Crippen molar-refractivity contribution in [1.82, 2.24) is 9.36 Å². The van der Waals surface area contributed by atoms with Crippen LogP contribution < -0.4 is 10.8 Å². The summed E-state index contributed by atoms with van der Waals surface area (Å²) in [7, 11) is 1.95. The first-order chi connectivity index (χ1) is 13.4. The van der Waals surface area contributed by atoms with Gasteiger partial charge in [0.05, 0.1) is 11.4 Å². The number of carbonyl (C=O) groups is 1. The Morgan fingerprint density at radius 3 is 2.31 bits per heavy atom. The van der Waals surface area contributed by atoms with E-state index in [1.54, 1.807) is 24.3 Å². The van der Waals surface area contributed by atoms with Crippen LogP contribution in [0.1, 0.15) is 19.5 Å². The molecule has 0 aliphatic carbocycles. The number of rotatable bonds is 5. The van der Waals surface area contributed by atoms with Crippen molar-refractivity contribution in [3.05, 3.63) is 77.6 Å². The quantitative estimate of drug-likeness (QED) is 0.471. The van der Waals surface area contributed by atoms with Crippen LogP contribution in [0.5, 0.6) is 5.75 Å². The van der Waals surface area contributed by atoms with E-state index in [2.05, 4.69) is 5.32 Å². The van der Waals surface area contributed by atoms with E-state index in [9.17, 15) is 9.90 Å². The van der Waals surface area contributed by atoms with Gasteiger partial charge in [-0.2, -0.15) is 0 Å². The number of aromatic nitrogens is 2. The molecular formula is C22H24N4NiO2. The molecule has 7 heteroatoms. The van der Waals surface area contributed by atoms with E-state index in [0.717, 1.165) is 22.8 Å². The third-order valence-electron chi connectivity index (χ3n) is 4.42. The molecule has 6 nitrogen and oxygen atoms in total. The Bertz CT molecular complexity index is 1110. The molecule has 0 bridgehead atoms. The number of benzene rings is 2. The van der Waals surface area contributed by atoms with Gasteiger partial charge in [-0.15, -0.1) is 0 Å². The predicted octanol–water partition coefficient (Wildman–Crippen LogP) is 3.96. The third kappa shape index (κ3) is 4.87. The van der Waals surface area contributed by atoms with Gasteiger partial charge in [0.15, 0.2) is 11.3 Å². The van der Waals surface area contributed by atoms with Gasteiger partial charge in [-0.1, -0.05) is 30.3 Å². The minimum Gasteiger partial charge on any atom is -0.506 e. The Morgan fingerprint density at radius 2 is 1.69 bits per heavy atom. The molecule has 0 radical (unpaired) electrons. The smallest absolute Gasteiger partial charge is 0.178 e. The minimum absolute atomic E-state index is 0. The molecule has 0 unspecified atom stereocenters. The van der Waals surface area contributed by atoms with Gasteiger partial charge in [-0.3, -0.25) is 9.48 Å². The Kier molecular flexibility index (Phi) is 7.24. The molecule has 29 heavy (non-hydrogen) atoms. The topological polar surface area (TPSA) is 71.5 Å². The van der Waals surface area contributed by atoms with Crippen molar-refractivity contribution in [2.45, 2.75) is 20.8 Å². The fourth-order valence-corrected chi connectivity index (χ4v) is 3.05. The summed E-state index contributed by atoms with van der Waals surface area (Å²) < 4.78 is 3.95. The fraction of sp³-hybridized carbons (Fsp3) is 0.182. The molecule has 0 aliphatic rings. The van der Waals surface area contributed by atoms with E-state index in [1.807, 2.05) is 66.7 Å². The molecule has 0 spiro atoms. The molecule has 0 amide bonds. The Hall–Kier alpha value is -3.05. The molecule has 0 saturated carbocycles. The van der Waals surface area contributed by atoms with Crippen LogP contribution >= 0.6 is 0 Å². The largest absolute Gasteiger partial charge is 0.506 e. The van der Waals surface area contributed by atoms with Crippen LogP contribution in [-0.2, 0) is 28.3 Å². The second-order valence-electron chi connectivity index (χ2n) is 6.62. The van der Waals surface area contributed by atoms with Gasteiger partial charge in [0.2, 0.25) is 0 Å². The molecule has 2 aromatic carbocycles. The summed E-state index contributed by atoms with van der Waals surface area (Å²) in [6, 6.07) is 16.8. The Labute approximate surface area is 180 Å². The summed E-state index contributed by atoms with van der Waals surface area (Å²) in [5.74, 6) is 0.0688. The molecule has 2 N–H and O–H groups in total. The molecule has 0 aliphatic heterocycles. The maximum absolute atomic E-state index is 11.5. The molecule has 3 rings (SSSR count). The number of ketones is 1.